The molecule has 2 aromatic carbocycles. The smallest absolute Gasteiger partial charge is 0.242 e. The number of carbonyl (C=O) groups is 2. The SMILES string of the molecule is C[C@H](C(=O)NC1CCCCC1)N(CCc1ccccc1)C(=O)Cc1ccccc1Cl. The minimum atomic E-state index is -0.523. The third-order valence-corrected chi connectivity index (χ3v) is 6.27. The van der Waals surface area contributed by atoms with E-state index in [1.807, 2.05) is 55.5 Å². The zero-order valence-corrected chi connectivity index (χ0v) is 18.4. The Balaban J connectivity index is 1.70. The first kappa shape index (κ1) is 22.4. The Bertz CT molecular complexity index is 834. The highest BCUT2D eigenvalue weighted by molar-refractivity contribution is 6.31. The second-order valence-corrected chi connectivity index (χ2v) is 8.52. The Labute approximate surface area is 184 Å². The number of nitrogens with one attached hydrogen (secondary N) is 1. The van der Waals surface area contributed by atoms with Crippen molar-refractivity contribution in [2.75, 3.05) is 6.54 Å². The van der Waals surface area contributed by atoms with E-state index in [0.29, 0.717) is 18.0 Å². The molecule has 0 aliphatic heterocycles. The molecule has 0 aromatic heterocycles. The summed E-state index contributed by atoms with van der Waals surface area (Å²) in [5, 5.41) is 3.75. The van der Waals surface area contributed by atoms with Crippen LogP contribution >= 0.6 is 11.6 Å². The van der Waals surface area contributed by atoms with Gasteiger partial charge in [0.1, 0.15) is 6.04 Å². The van der Waals surface area contributed by atoms with Crippen LogP contribution in [0.15, 0.2) is 54.6 Å². The van der Waals surface area contributed by atoms with Gasteiger partial charge in [-0.25, -0.2) is 0 Å². The first-order valence-corrected chi connectivity index (χ1v) is 11.3. The van der Waals surface area contributed by atoms with Crippen molar-refractivity contribution >= 4 is 23.4 Å². The number of rotatable bonds is 8. The number of hydrogen-bond donors (Lipinski definition) is 1. The molecule has 2 aromatic rings. The zero-order valence-electron chi connectivity index (χ0n) is 17.6. The number of amides is 2. The van der Waals surface area contributed by atoms with Crippen LogP contribution in [-0.2, 0) is 22.4 Å². The maximum absolute atomic E-state index is 13.2. The van der Waals surface area contributed by atoms with Gasteiger partial charge in [0.25, 0.3) is 0 Å². The summed E-state index contributed by atoms with van der Waals surface area (Å²) < 4.78 is 0. The predicted molar refractivity (Wildman–Crippen MR) is 121 cm³/mol. The minimum absolute atomic E-state index is 0.0672. The van der Waals surface area contributed by atoms with Gasteiger partial charge in [0.2, 0.25) is 11.8 Å². The van der Waals surface area contributed by atoms with Gasteiger partial charge in [-0.15, -0.1) is 0 Å². The van der Waals surface area contributed by atoms with Crippen molar-refractivity contribution in [2.24, 2.45) is 0 Å². The third-order valence-electron chi connectivity index (χ3n) is 5.90. The molecule has 1 saturated carbocycles. The van der Waals surface area contributed by atoms with Gasteiger partial charge < -0.3 is 10.2 Å². The maximum atomic E-state index is 13.2. The molecule has 1 aliphatic rings. The molecule has 5 heteroatoms. The molecular weight excluding hydrogens is 396 g/mol. The van der Waals surface area contributed by atoms with Crippen LogP contribution in [0.5, 0.6) is 0 Å². The van der Waals surface area contributed by atoms with E-state index in [9.17, 15) is 9.59 Å². The van der Waals surface area contributed by atoms with E-state index in [0.717, 1.165) is 36.8 Å². The van der Waals surface area contributed by atoms with Crippen LogP contribution in [0.1, 0.15) is 50.2 Å². The van der Waals surface area contributed by atoms with Crippen molar-refractivity contribution in [3.63, 3.8) is 0 Å². The van der Waals surface area contributed by atoms with Crippen molar-refractivity contribution in [1.29, 1.82) is 0 Å². The Hall–Kier alpha value is -2.33. The Morgan fingerprint density at radius 3 is 2.40 bits per heavy atom. The standard InChI is InChI=1S/C25H31ClN2O2/c1-19(25(30)27-22-13-6-3-7-14-22)28(17-16-20-10-4-2-5-11-20)24(29)18-21-12-8-9-15-23(21)26/h2,4-5,8-12,15,19,22H,3,6-7,13-14,16-18H2,1H3,(H,27,30)/t19-/m1/s1. The first-order valence-electron chi connectivity index (χ1n) is 10.9. The largest absolute Gasteiger partial charge is 0.352 e. The van der Waals surface area contributed by atoms with Crippen LogP contribution in [0.2, 0.25) is 5.02 Å². The lowest BCUT2D eigenvalue weighted by Crippen LogP contribution is -2.51. The summed E-state index contributed by atoms with van der Waals surface area (Å²) in [4.78, 5) is 27.9. The highest BCUT2D eigenvalue weighted by atomic mass is 35.5. The molecule has 2 amide bonds. The fraction of sp³-hybridized carbons (Fsp3) is 0.440. The lowest BCUT2D eigenvalue weighted by atomic mass is 9.95. The summed E-state index contributed by atoms with van der Waals surface area (Å²) in [5.74, 6) is -0.146. The average molecular weight is 427 g/mol. The second kappa shape index (κ2) is 11.2. The van der Waals surface area contributed by atoms with Gasteiger partial charge in [-0.05, 0) is 43.4 Å². The van der Waals surface area contributed by atoms with Crippen LogP contribution in [0.3, 0.4) is 0 Å². The van der Waals surface area contributed by atoms with E-state index >= 15 is 0 Å². The second-order valence-electron chi connectivity index (χ2n) is 8.11. The summed E-state index contributed by atoms with van der Waals surface area (Å²) in [5.41, 5.74) is 1.93. The van der Waals surface area contributed by atoms with E-state index in [2.05, 4.69) is 5.32 Å². The lowest BCUT2D eigenvalue weighted by molar-refractivity contribution is -0.139. The van der Waals surface area contributed by atoms with E-state index < -0.39 is 6.04 Å². The lowest BCUT2D eigenvalue weighted by Gasteiger charge is -2.31. The number of hydrogen-bond acceptors (Lipinski definition) is 2. The summed E-state index contributed by atoms with van der Waals surface area (Å²) in [7, 11) is 0. The van der Waals surface area contributed by atoms with Crippen molar-refractivity contribution in [3.8, 4) is 0 Å². The van der Waals surface area contributed by atoms with E-state index in [-0.39, 0.29) is 24.3 Å². The van der Waals surface area contributed by atoms with Crippen LogP contribution in [0.25, 0.3) is 0 Å². The van der Waals surface area contributed by atoms with Gasteiger partial charge in [-0.3, -0.25) is 9.59 Å². The fourth-order valence-electron chi connectivity index (χ4n) is 4.05. The van der Waals surface area contributed by atoms with Crippen molar-refractivity contribution in [3.05, 3.63) is 70.7 Å². The molecule has 0 bridgehead atoms. The minimum Gasteiger partial charge on any atom is -0.352 e. The molecule has 0 heterocycles. The summed E-state index contributed by atoms with van der Waals surface area (Å²) >= 11 is 6.27. The van der Waals surface area contributed by atoms with E-state index in [1.165, 1.54) is 6.42 Å². The molecular formula is C25H31ClN2O2. The molecule has 0 spiro atoms. The number of halogens is 1. The first-order chi connectivity index (χ1) is 14.5. The summed E-state index contributed by atoms with van der Waals surface area (Å²) in [6.07, 6.45) is 6.49. The molecule has 0 saturated heterocycles. The van der Waals surface area contributed by atoms with Crippen LogP contribution in [-0.4, -0.2) is 35.3 Å². The van der Waals surface area contributed by atoms with E-state index in [4.69, 9.17) is 11.6 Å². The quantitative estimate of drug-likeness (QED) is 0.659. The topological polar surface area (TPSA) is 49.4 Å². The van der Waals surface area contributed by atoms with Crippen molar-refractivity contribution in [2.45, 2.75) is 64.0 Å². The molecule has 1 N–H and O–H groups in total. The van der Waals surface area contributed by atoms with Crippen molar-refractivity contribution in [1.82, 2.24) is 10.2 Å². The molecule has 0 radical (unpaired) electrons. The molecule has 3 rings (SSSR count). The van der Waals surface area contributed by atoms with Gasteiger partial charge in [-0.1, -0.05) is 79.4 Å². The highest BCUT2D eigenvalue weighted by Gasteiger charge is 2.28. The monoisotopic (exact) mass is 426 g/mol. The maximum Gasteiger partial charge on any atom is 0.242 e. The fourth-order valence-corrected chi connectivity index (χ4v) is 4.25. The van der Waals surface area contributed by atoms with Gasteiger partial charge in [0, 0.05) is 17.6 Å². The third kappa shape index (κ3) is 6.33. The zero-order chi connectivity index (χ0) is 21.3. The molecule has 1 fully saturated rings. The highest BCUT2D eigenvalue weighted by Crippen LogP contribution is 2.19. The normalized spacial score (nSPS) is 15.4. The molecule has 30 heavy (non-hydrogen) atoms. The van der Waals surface area contributed by atoms with Gasteiger partial charge in [0.15, 0.2) is 0 Å². The molecule has 1 atom stereocenters. The number of nitrogens with zero attached hydrogens (tertiary/aromatic N) is 1. The van der Waals surface area contributed by atoms with Gasteiger partial charge in [0.05, 0.1) is 6.42 Å². The Morgan fingerprint density at radius 2 is 1.70 bits per heavy atom. The Morgan fingerprint density at radius 1 is 1.03 bits per heavy atom. The predicted octanol–water partition coefficient (Wildman–Crippen LogP) is 4.79. The van der Waals surface area contributed by atoms with Crippen LogP contribution in [0, 0.1) is 0 Å². The summed E-state index contributed by atoms with van der Waals surface area (Å²) in [6.45, 7) is 2.32. The Kier molecular flexibility index (Phi) is 8.32. The molecule has 4 nitrogen and oxygen atoms in total. The van der Waals surface area contributed by atoms with Gasteiger partial charge >= 0.3 is 0 Å². The number of benzene rings is 2. The van der Waals surface area contributed by atoms with E-state index in [1.54, 1.807) is 11.0 Å². The molecule has 0 unspecified atom stereocenters. The van der Waals surface area contributed by atoms with Crippen molar-refractivity contribution < 1.29 is 9.59 Å². The molecule has 160 valence electrons. The summed E-state index contributed by atoms with van der Waals surface area (Å²) in [6, 6.07) is 17.1. The van der Waals surface area contributed by atoms with Crippen LogP contribution in [0.4, 0.5) is 0 Å². The van der Waals surface area contributed by atoms with Gasteiger partial charge in [-0.2, -0.15) is 0 Å². The van der Waals surface area contributed by atoms with Crippen LogP contribution < -0.4 is 5.32 Å². The average Bonchev–Trinajstić information content (AvgIpc) is 2.77. The molecule has 1 aliphatic carbocycles. The number of carbonyl (C=O) groups excluding carboxylic acids is 2.